The van der Waals surface area contributed by atoms with Gasteiger partial charge in [0.15, 0.2) is 0 Å². The highest BCUT2D eigenvalue weighted by atomic mass is 15.1. The van der Waals surface area contributed by atoms with Crippen molar-refractivity contribution in [2.45, 2.75) is 32.1 Å². The summed E-state index contributed by atoms with van der Waals surface area (Å²) >= 11 is 0. The first-order valence-corrected chi connectivity index (χ1v) is 27.9. The molecule has 15 rings (SSSR count). The van der Waals surface area contributed by atoms with Crippen molar-refractivity contribution in [2.24, 2.45) is 0 Å². The van der Waals surface area contributed by atoms with E-state index in [4.69, 9.17) is 0 Å². The largest absolute Gasteiger partial charge is 0.310 e. The van der Waals surface area contributed by atoms with Crippen molar-refractivity contribution in [1.29, 1.82) is 0 Å². The van der Waals surface area contributed by atoms with Crippen molar-refractivity contribution >= 4 is 38.9 Å². The predicted molar refractivity (Wildman–Crippen MR) is 332 cm³/mol. The van der Waals surface area contributed by atoms with Crippen LogP contribution < -0.4 is 4.90 Å². The van der Waals surface area contributed by atoms with Gasteiger partial charge in [-0.2, -0.15) is 0 Å². The van der Waals surface area contributed by atoms with Crippen LogP contribution in [-0.2, 0) is 18.3 Å². The zero-order valence-electron chi connectivity index (χ0n) is 44.4. The Labute approximate surface area is 462 Å². The smallest absolute Gasteiger partial charge is 0.0726 e. The van der Waals surface area contributed by atoms with Gasteiger partial charge < -0.3 is 9.47 Å². The molecule has 2 aliphatic rings. The van der Waals surface area contributed by atoms with Crippen molar-refractivity contribution in [3.05, 3.63) is 312 Å². The highest BCUT2D eigenvalue weighted by Crippen LogP contribution is 2.63. The molecule has 1 aromatic heterocycles. The third kappa shape index (κ3) is 7.39. The molecule has 1 heterocycles. The van der Waals surface area contributed by atoms with Crippen molar-refractivity contribution < 1.29 is 0 Å². The molecule has 12 aromatic carbocycles. The molecule has 13 aromatic rings. The van der Waals surface area contributed by atoms with Crippen LogP contribution in [0.25, 0.3) is 94.3 Å². The number of benzene rings is 12. The van der Waals surface area contributed by atoms with Crippen molar-refractivity contribution in [3.63, 3.8) is 0 Å². The molecule has 79 heavy (non-hydrogen) atoms. The number of rotatable bonds is 10. The lowest BCUT2D eigenvalue weighted by molar-refractivity contribution is 0.793. The van der Waals surface area contributed by atoms with Crippen molar-refractivity contribution in [2.75, 3.05) is 4.90 Å². The fourth-order valence-electron chi connectivity index (χ4n) is 13.3. The van der Waals surface area contributed by atoms with Gasteiger partial charge in [0.2, 0.25) is 0 Å². The molecule has 2 nitrogen and oxygen atoms in total. The Hall–Kier alpha value is -9.76. The minimum Gasteiger partial charge on any atom is -0.310 e. The molecule has 0 unspecified atom stereocenters. The second-order valence-corrected chi connectivity index (χ2v) is 21.3. The van der Waals surface area contributed by atoms with E-state index in [0.717, 1.165) is 41.0 Å². The van der Waals surface area contributed by atoms with Crippen molar-refractivity contribution in [3.8, 4) is 72.4 Å². The van der Waals surface area contributed by atoms with Gasteiger partial charge in [-0.15, -0.1) is 0 Å². The molecule has 2 aliphatic carbocycles. The molecular formula is C77H56N2. The summed E-state index contributed by atoms with van der Waals surface area (Å²) < 4.78 is 2.43. The van der Waals surface area contributed by atoms with Crippen LogP contribution in [-0.4, -0.2) is 4.57 Å². The van der Waals surface area contributed by atoms with Crippen LogP contribution in [0.1, 0.15) is 47.2 Å². The second kappa shape index (κ2) is 18.8. The molecular weight excluding hydrogens is 953 g/mol. The number of hydrogen-bond acceptors (Lipinski definition) is 1. The Bertz CT molecular complexity index is 4340. The van der Waals surface area contributed by atoms with E-state index in [9.17, 15) is 0 Å². The SMILES string of the molecule is CCc1ccc2c(c1)c1cc(CC)ccc1n2-c1ccc(-c2ccc(-c3ccc(N(c4ccc5c(c4)C4(c6ccccc6-c6ccccc64)c4ccccc4-5)c4ccc(-c5ccccc5)cc4-c4ccccc4)cc3)cc2)cc1. The molecule has 0 radical (unpaired) electrons. The normalized spacial score (nSPS) is 12.6. The standard InChI is InChI=1S/C77H56N2/c1-3-51-27-44-75-68(47-51)69-48-52(4-2)28-45-76(69)79(75)61-40-35-57(36-41-61)55-31-29-54(30-32-55)56-33-38-60(39-34-56)78(74-46-37-59(53-17-7-5-8-18-53)49-67(74)58-19-9-6-10-20-58)62-42-43-66-65-23-13-16-26-72(65)77(73(66)50-62)70-24-14-11-21-63(70)64-22-12-15-25-71(64)77/h5-50H,3-4H2,1-2H3. The predicted octanol–water partition coefficient (Wildman–Crippen LogP) is 20.4. The summed E-state index contributed by atoms with van der Waals surface area (Å²) in [7, 11) is 0. The molecule has 0 saturated carbocycles. The Morgan fingerprint density at radius 1 is 0.304 bits per heavy atom. The third-order valence-corrected chi connectivity index (χ3v) is 17.2. The third-order valence-electron chi connectivity index (χ3n) is 17.2. The highest BCUT2D eigenvalue weighted by Gasteiger charge is 2.51. The van der Waals surface area contributed by atoms with Gasteiger partial charge in [-0.3, -0.25) is 0 Å². The van der Waals surface area contributed by atoms with Gasteiger partial charge in [0.05, 0.1) is 22.1 Å². The molecule has 0 amide bonds. The van der Waals surface area contributed by atoms with Gasteiger partial charge in [-0.05, 0) is 180 Å². The maximum absolute atomic E-state index is 2.50. The van der Waals surface area contributed by atoms with Gasteiger partial charge in [0.25, 0.3) is 0 Å². The Morgan fingerprint density at radius 2 is 0.722 bits per heavy atom. The number of hydrogen-bond donors (Lipinski definition) is 0. The first-order valence-electron chi connectivity index (χ1n) is 27.9. The van der Waals surface area contributed by atoms with Crippen LogP contribution in [0.5, 0.6) is 0 Å². The molecule has 1 spiro atoms. The summed E-state index contributed by atoms with van der Waals surface area (Å²) in [6.45, 7) is 4.47. The van der Waals surface area contributed by atoms with E-state index < -0.39 is 5.41 Å². The lowest BCUT2D eigenvalue weighted by Gasteiger charge is -2.33. The fourth-order valence-corrected chi connectivity index (χ4v) is 13.3. The van der Waals surface area contributed by atoms with Gasteiger partial charge in [0, 0.05) is 33.4 Å². The molecule has 0 saturated heterocycles. The maximum Gasteiger partial charge on any atom is 0.0726 e. The van der Waals surface area contributed by atoms with Crippen LogP contribution in [0.4, 0.5) is 17.1 Å². The van der Waals surface area contributed by atoms with Gasteiger partial charge in [-0.25, -0.2) is 0 Å². The van der Waals surface area contributed by atoms with E-state index >= 15 is 0 Å². The van der Waals surface area contributed by atoms with Gasteiger partial charge >= 0.3 is 0 Å². The molecule has 0 fully saturated rings. The molecule has 374 valence electrons. The van der Waals surface area contributed by atoms with E-state index in [1.54, 1.807) is 0 Å². The summed E-state index contributed by atoms with van der Waals surface area (Å²) in [5.74, 6) is 0. The first kappa shape index (κ1) is 46.5. The van der Waals surface area contributed by atoms with Crippen LogP contribution >= 0.6 is 0 Å². The average molecular weight is 1010 g/mol. The minimum absolute atomic E-state index is 0.470. The summed E-state index contributed by atoms with van der Waals surface area (Å²) in [6, 6.07) is 104. The van der Waals surface area contributed by atoms with Crippen molar-refractivity contribution in [1.82, 2.24) is 4.57 Å². The maximum atomic E-state index is 2.50. The Balaban J connectivity index is 0.826. The number of nitrogens with zero attached hydrogens (tertiary/aromatic N) is 2. The van der Waals surface area contributed by atoms with Gasteiger partial charge in [-0.1, -0.05) is 220 Å². The number of aryl methyl sites for hydroxylation is 2. The van der Waals surface area contributed by atoms with E-state index in [0.29, 0.717) is 0 Å². The van der Waals surface area contributed by atoms with Crippen LogP contribution in [0.3, 0.4) is 0 Å². The quantitative estimate of drug-likeness (QED) is 0.133. The highest BCUT2D eigenvalue weighted by molar-refractivity contribution is 6.10. The number of fused-ring (bicyclic) bond motifs is 13. The zero-order valence-corrected chi connectivity index (χ0v) is 44.4. The average Bonchev–Trinajstić information content (AvgIpc) is 3.81. The topological polar surface area (TPSA) is 8.17 Å². The van der Waals surface area contributed by atoms with Crippen LogP contribution in [0.15, 0.2) is 279 Å². The first-order chi connectivity index (χ1) is 39.1. The van der Waals surface area contributed by atoms with E-state index in [2.05, 4.69) is 302 Å². The van der Waals surface area contributed by atoms with Crippen LogP contribution in [0, 0.1) is 0 Å². The Morgan fingerprint density at radius 3 is 1.24 bits per heavy atom. The molecule has 0 N–H and O–H groups in total. The summed E-state index contributed by atoms with van der Waals surface area (Å²) in [5, 5.41) is 2.65. The fraction of sp³-hybridized carbons (Fsp3) is 0.0649. The molecule has 2 heteroatoms. The van der Waals surface area contributed by atoms with Crippen LogP contribution in [0.2, 0.25) is 0 Å². The summed E-state index contributed by atoms with van der Waals surface area (Å²) in [5.41, 5.74) is 29.2. The van der Waals surface area contributed by atoms with E-state index in [1.165, 1.54) is 117 Å². The second-order valence-electron chi connectivity index (χ2n) is 21.3. The zero-order chi connectivity index (χ0) is 52.6. The summed E-state index contributed by atoms with van der Waals surface area (Å²) in [6.07, 6.45) is 2.04. The molecule has 0 bridgehead atoms. The lowest BCUT2D eigenvalue weighted by atomic mass is 9.70. The molecule has 0 atom stereocenters. The van der Waals surface area contributed by atoms with E-state index in [-0.39, 0.29) is 0 Å². The lowest BCUT2D eigenvalue weighted by Crippen LogP contribution is -2.26. The molecule has 0 aliphatic heterocycles. The van der Waals surface area contributed by atoms with E-state index in [1.807, 2.05) is 0 Å². The summed E-state index contributed by atoms with van der Waals surface area (Å²) in [4.78, 5) is 2.49. The number of anilines is 3. The van der Waals surface area contributed by atoms with Gasteiger partial charge in [0.1, 0.15) is 0 Å². The number of aromatic nitrogens is 1. The monoisotopic (exact) mass is 1010 g/mol. The Kier molecular flexibility index (Phi) is 11.1. The minimum atomic E-state index is -0.470.